The molecular formula is C25H16O4. The van der Waals surface area contributed by atoms with Gasteiger partial charge in [-0.15, -0.1) is 0 Å². The maximum Gasteiger partial charge on any atom is 0.348 e. The zero-order valence-electron chi connectivity index (χ0n) is 15.9. The molecule has 0 N–H and O–H groups in total. The summed E-state index contributed by atoms with van der Waals surface area (Å²) in [5.41, 5.74) is 3.64. The van der Waals surface area contributed by atoms with Crippen LogP contribution in [0.25, 0.3) is 22.1 Å². The minimum absolute atomic E-state index is 0.0325. The number of hydrogen-bond donors (Lipinski definition) is 0. The van der Waals surface area contributed by atoms with Crippen molar-refractivity contribution in [2.24, 2.45) is 0 Å². The van der Waals surface area contributed by atoms with Crippen LogP contribution in [0.4, 0.5) is 0 Å². The van der Waals surface area contributed by atoms with Crippen molar-refractivity contribution in [1.82, 2.24) is 0 Å². The summed E-state index contributed by atoms with van der Waals surface area (Å²) in [6.07, 6.45) is 0. The molecule has 0 atom stereocenters. The first-order valence-corrected chi connectivity index (χ1v) is 9.34. The Labute approximate surface area is 166 Å². The zero-order valence-corrected chi connectivity index (χ0v) is 15.9. The molecule has 0 aliphatic heterocycles. The van der Waals surface area contributed by atoms with Crippen molar-refractivity contribution >= 4 is 22.5 Å². The van der Waals surface area contributed by atoms with Gasteiger partial charge in [-0.25, -0.2) is 4.79 Å². The van der Waals surface area contributed by atoms with Crippen molar-refractivity contribution in [3.8, 4) is 11.1 Å². The number of benzene rings is 3. The molecular weight excluding hydrogens is 364 g/mol. The predicted molar refractivity (Wildman–Crippen MR) is 111 cm³/mol. The average Bonchev–Trinajstić information content (AvgIpc) is 2.73. The molecule has 0 fully saturated rings. The van der Waals surface area contributed by atoms with Gasteiger partial charge in [0.2, 0.25) is 5.78 Å². The number of ketones is 2. The fraction of sp³-hybridized carbons (Fsp3) is 0.0800. The minimum Gasteiger partial charge on any atom is -0.422 e. The Morgan fingerprint density at radius 3 is 2.17 bits per heavy atom. The fourth-order valence-corrected chi connectivity index (χ4v) is 4.25. The van der Waals surface area contributed by atoms with Crippen molar-refractivity contribution in [2.45, 2.75) is 13.8 Å². The van der Waals surface area contributed by atoms with E-state index in [1.807, 2.05) is 26.0 Å². The van der Waals surface area contributed by atoms with Gasteiger partial charge in [0, 0.05) is 27.6 Å². The molecule has 1 aliphatic carbocycles. The lowest BCUT2D eigenvalue weighted by atomic mass is 9.79. The quantitative estimate of drug-likeness (QED) is 0.324. The van der Waals surface area contributed by atoms with Gasteiger partial charge in [0.1, 0.15) is 11.1 Å². The topological polar surface area (TPSA) is 64.3 Å². The molecule has 0 radical (unpaired) electrons. The van der Waals surface area contributed by atoms with Gasteiger partial charge in [-0.2, -0.15) is 0 Å². The van der Waals surface area contributed by atoms with Crippen LogP contribution in [0.3, 0.4) is 0 Å². The summed E-state index contributed by atoms with van der Waals surface area (Å²) in [6.45, 7) is 3.70. The van der Waals surface area contributed by atoms with E-state index in [2.05, 4.69) is 0 Å². The maximum atomic E-state index is 13.3. The summed E-state index contributed by atoms with van der Waals surface area (Å²) in [5.74, 6) is -0.534. The van der Waals surface area contributed by atoms with Crippen molar-refractivity contribution < 1.29 is 14.0 Å². The lowest BCUT2D eigenvalue weighted by Crippen LogP contribution is -2.22. The molecule has 1 aliphatic rings. The molecule has 0 saturated heterocycles. The number of hydrogen-bond acceptors (Lipinski definition) is 4. The first kappa shape index (κ1) is 17.3. The number of aryl methyl sites for hydroxylation is 2. The summed E-state index contributed by atoms with van der Waals surface area (Å²) in [6, 6.07) is 17.6. The van der Waals surface area contributed by atoms with Crippen molar-refractivity contribution in [3.05, 3.63) is 104 Å². The smallest absolute Gasteiger partial charge is 0.348 e. The molecule has 4 heteroatoms. The van der Waals surface area contributed by atoms with Gasteiger partial charge in [-0.1, -0.05) is 60.7 Å². The van der Waals surface area contributed by atoms with Crippen LogP contribution in [0.2, 0.25) is 0 Å². The lowest BCUT2D eigenvalue weighted by Gasteiger charge is -2.23. The Bertz CT molecular complexity index is 1410. The molecule has 5 rings (SSSR count). The first-order valence-electron chi connectivity index (χ1n) is 9.34. The van der Waals surface area contributed by atoms with Crippen molar-refractivity contribution in [3.63, 3.8) is 0 Å². The highest BCUT2D eigenvalue weighted by molar-refractivity contribution is 6.29. The zero-order chi connectivity index (χ0) is 20.3. The van der Waals surface area contributed by atoms with Gasteiger partial charge < -0.3 is 4.42 Å². The van der Waals surface area contributed by atoms with Crippen LogP contribution in [0.1, 0.15) is 43.0 Å². The molecule has 1 aromatic heterocycles. The van der Waals surface area contributed by atoms with Crippen LogP contribution in [0.5, 0.6) is 0 Å². The van der Waals surface area contributed by atoms with E-state index >= 15 is 0 Å². The summed E-state index contributed by atoms with van der Waals surface area (Å²) in [7, 11) is 0. The van der Waals surface area contributed by atoms with E-state index < -0.39 is 11.4 Å². The number of fused-ring (bicyclic) bond motifs is 2. The molecule has 140 valence electrons. The Morgan fingerprint density at radius 2 is 1.45 bits per heavy atom. The van der Waals surface area contributed by atoms with E-state index in [-0.39, 0.29) is 11.3 Å². The summed E-state index contributed by atoms with van der Waals surface area (Å²) in [5, 5.41) is 0.546. The summed E-state index contributed by atoms with van der Waals surface area (Å²) >= 11 is 0. The SMILES string of the molecule is Cc1cc(C)c2oc(=O)c(C(=O)c3ccccc3)c3c2c1C(=O)c1ccccc1-3. The van der Waals surface area contributed by atoms with Crippen LogP contribution >= 0.6 is 0 Å². The third-order valence-electron chi connectivity index (χ3n) is 5.49. The van der Waals surface area contributed by atoms with Gasteiger partial charge in [0.05, 0.1) is 0 Å². The molecule has 3 aromatic carbocycles. The van der Waals surface area contributed by atoms with Crippen LogP contribution in [0, 0.1) is 13.8 Å². The third kappa shape index (κ3) is 2.36. The van der Waals surface area contributed by atoms with Gasteiger partial charge >= 0.3 is 5.63 Å². The summed E-state index contributed by atoms with van der Waals surface area (Å²) in [4.78, 5) is 39.6. The van der Waals surface area contributed by atoms with E-state index in [4.69, 9.17) is 4.42 Å². The van der Waals surface area contributed by atoms with Crippen molar-refractivity contribution in [2.75, 3.05) is 0 Å². The first-order chi connectivity index (χ1) is 14.0. The van der Waals surface area contributed by atoms with Crippen LogP contribution < -0.4 is 5.63 Å². The largest absolute Gasteiger partial charge is 0.422 e. The Kier molecular flexibility index (Phi) is 3.65. The molecule has 4 nitrogen and oxygen atoms in total. The van der Waals surface area contributed by atoms with Gasteiger partial charge in [-0.05, 0) is 30.5 Å². The number of carbonyl (C=O) groups excluding carboxylic acids is 2. The predicted octanol–water partition coefficient (Wildman–Crippen LogP) is 4.85. The second kappa shape index (κ2) is 6.11. The van der Waals surface area contributed by atoms with E-state index in [0.717, 1.165) is 11.1 Å². The van der Waals surface area contributed by atoms with E-state index in [1.165, 1.54) is 0 Å². The molecule has 0 unspecified atom stereocenters. The monoisotopic (exact) mass is 380 g/mol. The molecule has 1 heterocycles. The highest BCUT2D eigenvalue weighted by atomic mass is 16.4. The molecule has 0 spiro atoms. The highest BCUT2D eigenvalue weighted by Crippen LogP contribution is 2.43. The van der Waals surface area contributed by atoms with Gasteiger partial charge in [-0.3, -0.25) is 9.59 Å². The van der Waals surface area contributed by atoms with Crippen LogP contribution in [0.15, 0.2) is 69.9 Å². The fourth-order valence-electron chi connectivity index (χ4n) is 4.25. The number of rotatable bonds is 2. The van der Waals surface area contributed by atoms with Gasteiger partial charge in [0.25, 0.3) is 0 Å². The van der Waals surface area contributed by atoms with Crippen molar-refractivity contribution in [1.29, 1.82) is 0 Å². The van der Waals surface area contributed by atoms with Crippen LogP contribution in [-0.4, -0.2) is 11.6 Å². The van der Waals surface area contributed by atoms with E-state index in [0.29, 0.717) is 38.8 Å². The standard InChI is InChI=1S/C25H16O4/c1-13-12-14(2)24-20-18(13)23(27)17-11-7-6-10-16(17)19(20)21(25(28)29-24)22(26)15-8-4-3-5-9-15/h3-12H,1-2H3. The van der Waals surface area contributed by atoms with E-state index in [9.17, 15) is 14.4 Å². The van der Waals surface area contributed by atoms with E-state index in [1.54, 1.807) is 48.5 Å². The molecule has 29 heavy (non-hydrogen) atoms. The number of carbonyl (C=O) groups is 2. The lowest BCUT2D eigenvalue weighted by molar-refractivity contribution is 0.102. The molecule has 4 aromatic rings. The highest BCUT2D eigenvalue weighted by Gasteiger charge is 2.33. The molecule has 0 saturated carbocycles. The minimum atomic E-state index is -0.691. The second-order valence-corrected chi connectivity index (χ2v) is 7.30. The third-order valence-corrected chi connectivity index (χ3v) is 5.49. The average molecular weight is 380 g/mol. The normalized spacial score (nSPS) is 12.1. The van der Waals surface area contributed by atoms with Crippen LogP contribution in [-0.2, 0) is 0 Å². The second-order valence-electron chi connectivity index (χ2n) is 7.30. The maximum absolute atomic E-state index is 13.3. The molecule has 0 bridgehead atoms. The van der Waals surface area contributed by atoms with Gasteiger partial charge in [0.15, 0.2) is 5.78 Å². The summed E-state index contributed by atoms with van der Waals surface area (Å²) < 4.78 is 5.61. The Balaban J connectivity index is 2.02. The molecule has 0 amide bonds. The Hall–Kier alpha value is -3.79. The Morgan fingerprint density at radius 1 is 0.793 bits per heavy atom.